The Kier molecular flexibility index (Phi) is 6.44. The fraction of sp³-hybridized carbons (Fsp3) is 0.286. The van der Waals surface area contributed by atoms with Crippen molar-refractivity contribution in [1.82, 2.24) is 10.5 Å². The highest BCUT2D eigenvalue weighted by atomic mass is 16.8. The molecule has 0 bridgehead atoms. The van der Waals surface area contributed by atoms with Crippen LogP contribution in [0.3, 0.4) is 0 Å². The zero-order valence-electron chi connectivity index (χ0n) is 17.8. The van der Waals surface area contributed by atoms with Crippen molar-refractivity contribution in [3.8, 4) is 11.8 Å². The number of carbonyl (C=O) groups excluding carboxylic acids is 2. The number of methoxy groups -OCH3 is 2. The molecule has 0 atom stereocenters. The summed E-state index contributed by atoms with van der Waals surface area (Å²) in [5, 5.41) is 27.1. The summed E-state index contributed by atoms with van der Waals surface area (Å²) in [7, 11) is 2.49. The highest BCUT2D eigenvalue weighted by Crippen LogP contribution is 2.42. The Morgan fingerprint density at radius 1 is 1.19 bits per heavy atom. The van der Waals surface area contributed by atoms with E-state index in [0.29, 0.717) is 22.7 Å². The average Bonchev–Trinajstić information content (AvgIpc) is 3.15. The molecule has 0 aliphatic carbocycles. The van der Waals surface area contributed by atoms with E-state index in [9.17, 15) is 14.8 Å². The lowest BCUT2D eigenvalue weighted by atomic mass is 9.80. The molecule has 0 fully saturated rings. The van der Waals surface area contributed by atoms with E-state index in [1.54, 1.807) is 44.2 Å². The molecule has 2 aromatic rings. The Hall–Kier alpha value is -4.33. The summed E-state index contributed by atoms with van der Waals surface area (Å²) in [5.41, 5.74) is 1.60. The van der Waals surface area contributed by atoms with Crippen LogP contribution in [0.1, 0.15) is 36.7 Å². The van der Waals surface area contributed by atoms with Gasteiger partial charge in [0.05, 0.1) is 31.3 Å². The molecule has 0 amide bonds. The number of para-hydroxylation sites is 1. The van der Waals surface area contributed by atoms with Crippen LogP contribution in [0, 0.1) is 16.5 Å². The number of dihydropyridines is 1. The second kappa shape index (κ2) is 9.22. The van der Waals surface area contributed by atoms with Gasteiger partial charge in [0, 0.05) is 22.1 Å². The van der Waals surface area contributed by atoms with Crippen LogP contribution in [-0.2, 0) is 25.7 Å². The number of allylic oxidation sites excluding steroid dienone is 2. The van der Waals surface area contributed by atoms with Gasteiger partial charge in [-0.15, -0.1) is 0 Å². The minimum absolute atomic E-state index is 0.00226. The summed E-state index contributed by atoms with van der Waals surface area (Å²) >= 11 is 0. The number of rotatable bonds is 6. The number of benzene rings is 1. The van der Waals surface area contributed by atoms with Crippen LogP contribution < -0.4 is 15.0 Å². The van der Waals surface area contributed by atoms with Gasteiger partial charge in [0.1, 0.15) is 5.75 Å². The molecule has 11 nitrogen and oxygen atoms in total. The topological polar surface area (TPSA) is 151 Å². The van der Waals surface area contributed by atoms with Crippen LogP contribution >= 0.6 is 0 Å². The highest BCUT2D eigenvalue weighted by Gasteiger charge is 2.39. The van der Waals surface area contributed by atoms with Crippen molar-refractivity contribution in [3.63, 3.8) is 0 Å². The first-order valence-electron chi connectivity index (χ1n) is 9.39. The van der Waals surface area contributed by atoms with Crippen LogP contribution in [0.4, 0.5) is 0 Å². The molecule has 1 N–H and O–H groups in total. The quantitative estimate of drug-likeness (QED) is 0.515. The first-order chi connectivity index (χ1) is 15.3. The van der Waals surface area contributed by atoms with Crippen LogP contribution in [0.5, 0.6) is 5.75 Å². The maximum absolute atomic E-state index is 12.7. The SMILES string of the molecule is COC(=O)C1=C(C)NC(C)=C(C(=O)OC)C1c1ccccc1OCc1no[n+]([O-])c1C#N. The average molecular weight is 440 g/mol. The zero-order chi connectivity index (χ0) is 23.4. The molecular formula is C21H20N4O7. The van der Waals surface area contributed by atoms with E-state index in [1.807, 2.05) is 0 Å². The van der Waals surface area contributed by atoms with Crippen molar-refractivity contribution in [2.24, 2.45) is 0 Å². The van der Waals surface area contributed by atoms with Gasteiger partial charge in [-0.1, -0.05) is 18.2 Å². The lowest BCUT2D eigenvalue weighted by Crippen LogP contribution is -2.32. The second-order valence-corrected chi connectivity index (χ2v) is 6.78. The molecular weight excluding hydrogens is 420 g/mol. The largest absolute Gasteiger partial charge is 0.484 e. The van der Waals surface area contributed by atoms with Gasteiger partial charge in [-0.05, 0) is 24.8 Å². The number of nitriles is 1. The van der Waals surface area contributed by atoms with E-state index >= 15 is 0 Å². The standard InChI is InChI=1S/C21H20N4O7/c1-11-17(20(26)29-3)19(18(12(2)23-11)21(27)30-4)13-7-5-6-8-16(13)31-10-14-15(9-22)25(28)32-24-14/h5-8,19,23H,10H2,1-4H3. The molecule has 166 valence electrons. The first-order valence-corrected chi connectivity index (χ1v) is 9.39. The molecule has 1 aliphatic rings. The maximum Gasteiger partial charge on any atom is 0.336 e. The molecule has 0 saturated carbocycles. The van der Waals surface area contributed by atoms with Gasteiger partial charge >= 0.3 is 17.6 Å². The Morgan fingerprint density at radius 3 is 2.34 bits per heavy atom. The Bertz CT molecular complexity index is 1140. The molecule has 1 aliphatic heterocycles. The zero-order valence-corrected chi connectivity index (χ0v) is 17.8. The molecule has 0 spiro atoms. The normalized spacial score (nSPS) is 14.0. The van der Waals surface area contributed by atoms with Gasteiger partial charge in [-0.3, -0.25) is 4.63 Å². The second-order valence-electron chi connectivity index (χ2n) is 6.78. The monoisotopic (exact) mass is 440 g/mol. The van der Waals surface area contributed by atoms with Crippen LogP contribution in [-0.4, -0.2) is 31.3 Å². The summed E-state index contributed by atoms with van der Waals surface area (Å²) in [6, 6.07) is 8.44. The molecule has 2 heterocycles. The van der Waals surface area contributed by atoms with Gasteiger partial charge in [0.25, 0.3) is 5.69 Å². The van der Waals surface area contributed by atoms with E-state index in [0.717, 1.165) is 0 Å². The van der Waals surface area contributed by atoms with Gasteiger partial charge in [0.15, 0.2) is 12.7 Å². The smallest absolute Gasteiger partial charge is 0.336 e. The predicted molar refractivity (Wildman–Crippen MR) is 106 cm³/mol. The Morgan fingerprint density at radius 2 is 1.78 bits per heavy atom. The van der Waals surface area contributed by atoms with Crippen molar-refractivity contribution in [2.45, 2.75) is 26.4 Å². The molecule has 32 heavy (non-hydrogen) atoms. The van der Waals surface area contributed by atoms with Crippen molar-refractivity contribution >= 4 is 11.9 Å². The molecule has 3 rings (SSSR count). The van der Waals surface area contributed by atoms with Gasteiger partial charge in [0.2, 0.25) is 0 Å². The number of aromatic nitrogens is 2. The van der Waals surface area contributed by atoms with E-state index in [1.165, 1.54) is 14.2 Å². The lowest BCUT2D eigenvalue weighted by molar-refractivity contribution is -0.804. The summed E-state index contributed by atoms with van der Waals surface area (Å²) in [4.78, 5) is 25.3. The molecule has 1 aromatic heterocycles. The third-order valence-electron chi connectivity index (χ3n) is 4.95. The summed E-state index contributed by atoms with van der Waals surface area (Å²) in [6.07, 6.45) is 0. The maximum atomic E-state index is 12.7. The third kappa shape index (κ3) is 3.98. The number of hydrogen-bond donors (Lipinski definition) is 1. The fourth-order valence-corrected chi connectivity index (χ4v) is 3.54. The first kappa shape index (κ1) is 22.4. The Balaban J connectivity index is 2.10. The van der Waals surface area contributed by atoms with E-state index in [2.05, 4.69) is 15.1 Å². The van der Waals surface area contributed by atoms with E-state index in [-0.39, 0.29) is 34.0 Å². The van der Waals surface area contributed by atoms with Gasteiger partial charge < -0.3 is 24.7 Å². The number of nitrogens with one attached hydrogen (secondary N) is 1. The highest BCUT2D eigenvalue weighted by molar-refractivity contribution is 6.00. The van der Waals surface area contributed by atoms with Crippen molar-refractivity contribution in [1.29, 1.82) is 5.26 Å². The van der Waals surface area contributed by atoms with Crippen molar-refractivity contribution in [2.75, 3.05) is 14.2 Å². The van der Waals surface area contributed by atoms with Crippen LogP contribution in [0.25, 0.3) is 0 Å². The molecule has 0 saturated heterocycles. The van der Waals surface area contributed by atoms with Gasteiger partial charge in [-0.25, -0.2) is 9.59 Å². The number of hydrogen-bond acceptors (Lipinski definition) is 10. The predicted octanol–water partition coefficient (Wildman–Crippen LogP) is 1.34. The number of nitrogens with zero attached hydrogens (tertiary/aromatic N) is 3. The summed E-state index contributed by atoms with van der Waals surface area (Å²) in [5.74, 6) is -1.81. The minimum Gasteiger partial charge on any atom is -0.484 e. The van der Waals surface area contributed by atoms with Crippen molar-refractivity contribution in [3.05, 3.63) is 69.0 Å². The van der Waals surface area contributed by atoms with Gasteiger partial charge in [-0.2, -0.15) is 5.26 Å². The minimum atomic E-state index is -0.857. The van der Waals surface area contributed by atoms with Crippen molar-refractivity contribution < 1.29 is 33.3 Å². The summed E-state index contributed by atoms with van der Waals surface area (Å²) in [6.45, 7) is 3.14. The van der Waals surface area contributed by atoms with E-state index < -0.39 is 17.9 Å². The molecule has 1 aromatic carbocycles. The summed E-state index contributed by atoms with van der Waals surface area (Å²) < 4.78 is 20.2. The molecule has 0 radical (unpaired) electrons. The van der Waals surface area contributed by atoms with Crippen LogP contribution in [0.15, 0.2) is 51.4 Å². The fourth-order valence-electron chi connectivity index (χ4n) is 3.54. The Labute approximate surface area is 183 Å². The van der Waals surface area contributed by atoms with Crippen LogP contribution in [0.2, 0.25) is 0 Å². The molecule has 11 heteroatoms. The number of carbonyl (C=O) groups is 2. The van der Waals surface area contributed by atoms with E-state index in [4.69, 9.17) is 19.5 Å². The molecule has 0 unspecified atom stereocenters. The third-order valence-corrected chi connectivity index (χ3v) is 4.95. The lowest BCUT2D eigenvalue weighted by Gasteiger charge is -2.30. The number of ether oxygens (including phenoxy) is 3. The number of esters is 2.